The normalized spacial score (nSPS) is 12.0. The number of nitrogens with zero attached hydrogens (tertiary/aromatic N) is 3. The molecule has 0 saturated carbocycles. The van der Waals surface area contributed by atoms with Crippen LogP contribution in [-0.4, -0.2) is 27.6 Å². The van der Waals surface area contributed by atoms with Crippen LogP contribution in [0.4, 0.5) is 0 Å². The third-order valence-electron chi connectivity index (χ3n) is 4.15. The Morgan fingerprint density at radius 3 is 2.96 bits per heavy atom. The first-order valence-electron chi connectivity index (χ1n) is 8.42. The molecular formula is C19H22N4O2S. The molecule has 1 N–H and O–H groups in total. The predicted octanol–water partition coefficient (Wildman–Crippen LogP) is 3.59. The van der Waals surface area contributed by atoms with E-state index in [-0.39, 0.29) is 11.9 Å². The Hall–Kier alpha value is -2.67. The van der Waals surface area contributed by atoms with Gasteiger partial charge >= 0.3 is 0 Å². The summed E-state index contributed by atoms with van der Waals surface area (Å²) in [5, 5.41) is 3.88. The van der Waals surface area contributed by atoms with Crippen molar-refractivity contribution >= 4 is 17.2 Å². The van der Waals surface area contributed by atoms with E-state index in [2.05, 4.69) is 15.3 Å². The van der Waals surface area contributed by atoms with Crippen LogP contribution in [0.15, 0.2) is 42.9 Å². The number of carbonyl (C=O) groups is 1. The summed E-state index contributed by atoms with van der Waals surface area (Å²) < 4.78 is 7.26. The van der Waals surface area contributed by atoms with E-state index in [1.54, 1.807) is 24.6 Å². The van der Waals surface area contributed by atoms with Crippen molar-refractivity contribution in [2.75, 3.05) is 7.11 Å². The molecule has 0 aliphatic rings. The van der Waals surface area contributed by atoms with Crippen molar-refractivity contribution in [1.29, 1.82) is 0 Å². The summed E-state index contributed by atoms with van der Waals surface area (Å²) >= 11 is 1.57. The summed E-state index contributed by atoms with van der Waals surface area (Å²) in [6.45, 7) is 4.43. The van der Waals surface area contributed by atoms with E-state index < -0.39 is 0 Å². The van der Waals surface area contributed by atoms with Crippen LogP contribution in [-0.2, 0) is 11.3 Å². The summed E-state index contributed by atoms with van der Waals surface area (Å²) in [6.07, 6.45) is 5.87. The lowest BCUT2D eigenvalue weighted by atomic mass is 10.2. The number of aryl methyl sites for hydroxylation is 1. The number of thiazole rings is 1. The molecule has 3 rings (SSSR count). The molecule has 0 aliphatic heterocycles. The van der Waals surface area contributed by atoms with E-state index >= 15 is 0 Å². The van der Waals surface area contributed by atoms with Gasteiger partial charge in [0.15, 0.2) is 0 Å². The van der Waals surface area contributed by atoms with Gasteiger partial charge in [-0.05, 0) is 26.0 Å². The van der Waals surface area contributed by atoms with Crippen LogP contribution < -0.4 is 10.1 Å². The maximum Gasteiger partial charge on any atom is 0.222 e. The van der Waals surface area contributed by atoms with Crippen LogP contribution in [0.2, 0.25) is 0 Å². The summed E-state index contributed by atoms with van der Waals surface area (Å²) in [5.74, 6) is 1.73. The number of imidazole rings is 1. The first-order valence-corrected chi connectivity index (χ1v) is 9.23. The number of hydrogen-bond acceptors (Lipinski definition) is 5. The molecule has 0 saturated heterocycles. The average Bonchev–Trinajstić information content (AvgIpc) is 3.29. The standard InChI is InChI=1S/C19H22N4O2S/c1-13(23-8-7-20-14(23)2)9-18(24)21-11-17-12-22-19(26-17)15-5-4-6-16(10-15)25-3/h4-8,10,12-13H,9,11H2,1-3H3,(H,21,24)/t13-/m0/s1. The van der Waals surface area contributed by atoms with Crippen molar-refractivity contribution in [3.63, 3.8) is 0 Å². The molecule has 136 valence electrons. The first kappa shape index (κ1) is 18.1. The van der Waals surface area contributed by atoms with E-state index in [4.69, 9.17) is 4.74 Å². The van der Waals surface area contributed by atoms with Gasteiger partial charge in [0.2, 0.25) is 5.91 Å². The minimum atomic E-state index is 0.0157. The second-order valence-corrected chi connectivity index (χ2v) is 7.19. The zero-order chi connectivity index (χ0) is 18.5. The van der Waals surface area contributed by atoms with E-state index in [0.29, 0.717) is 13.0 Å². The lowest BCUT2D eigenvalue weighted by Gasteiger charge is -2.14. The van der Waals surface area contributed by atoms with Crippen molar-refractivity contribution in [3.8, 4) is 16.3 Å². The van der Waals surface area contributed by atoms with Crippen LogP contribution in [0, 0.1) is 6.92 Å². The zero-order valence-electron chi connectivity index (χ0n) is 15.1. The molecular weight excluding hydrogens is 348 g/mol. The number of ether oxygens (including phenoxy) is 1. The molecule has 0 spiro atoms. The molecule has 0 aliphatic carbocycles. The van der Waals surface area contributed by atoms with Gasteiger partial charge in [-0.2, -0.15) is 0 Å². The van der Waals surface area contributed by atoms with Gasteiger partial charge in [-0.25, -0.2) is 9.97 Å². The van der Waals surface area contributed by atoms with Crippen LogP contribution in [0.3, 0.4) is 0 Å². The maximum atomic E-state index is 12.2. The van der Waals surface area contributed by atoms with Gasteiger partial charge in [-0.1, -0.05) is 12.1 Å². The number of rotatable bonds is 7. The quantitative estimate of drug-likeness (QED) is 0.690. The highest BCUT2D eigenvalue weighted by atomic mass is 32.1. The Morgan fingerprint density at radius 2 is 2.23 bits per heavy atom. The summed E-state index contributed by atoms with van der Waals surface area (Å²) in [7, 11) is 1.65. The smallest absolute Gasteiger partial charge is 0.222 e. The van der Waals surface area contributed by atoms with Crippen molar-refractivity contribution in [2.45, 2.75) is 32.9 Å². The monoisotopic (exact) mass is 370 g/mol. The number of benzene rings is 1. The molecule has 1 aromatic carbocycles. The fourth-order valence-corrected chi connectivity index (χ4v) is 3.61. The topological polar surface area (TPSA) is 69.0 Å². The lowest BCUT2D eigenvalue weighted by molar-refractivity contribution is -0.121. The van der Waals surface area contributed by atoms with Crippen LogP contribution in [0.25, 0.3) is 10.6 Å². The minimum absolute atomic E-state index is 0.0157. The van der Waals surface area contributed by atoms with Crippen molar-refractivity contribution in [2.24, 2.45) is 0 Å². The number of aromatic nitrogens is 3. The molecule has 1 amide bonds. The molecule has 6 nitrogen and oxygen atoms in total. The van der Waals surface area contributed by atoms with Gasteiger partial charge in [-0.3, -0.25) is 4.79 Å². The van der Waals surface area contributed by atoms with Crippen molar-refractivity contribution in [1.82, 2.24) is 19.9 Å². The zero-order valence-corrected chi connectivity index (χ0v) is 15.9. The van der Waals surface area contributed by atoms with Gasteiger partial charge in [0.25, 0.3) is 0 Å². The van der Waals surface area contributed by atoms with Crippen LogP contribution >= 0.6 is 11.3 Å². The molecule has 0 fully saturated rings. The van der Waals surface area contributed by atoms with E-state index in [9.17, 15) is 4.79 Å². The van der Waals surface area contributed by atoms with Gasteiger partial charge in [0.05, 0.1) is 13.7 Å². The van der Waals surface area contributed by atoms with Gasteiger partial charge in [0, 0.05) is 41.5 Å². The third kappa shape index (κ3) is 4.29. The average molecular weight is 370 g/mol. The summed E-state index contributed by atoms with van der Waals surface area (Å²) in [6, 6.07) is 7.87. The lowest BCUT2D eigenvalue weighted by Crippen LogP contribution is -2.25. The second-order valence-electron chi connectivity index (χ2n) is 6.08. The fourth-order valence-electron chi connectivity index (χ4n) is 2.76. The third-order valence-corrected chi connectivity index (χ3v) is 5.19. The van der Waals surface area contributed by atoms with Crippen LogP contribution in [0.5, 0.6) is 5.75 Å². The molecule has 26 heavy (non-hydrogen) atoms. The summed E-state index contributed by atoms with van der Waals surface area (Å²) in [4.78, 5) is 21.9. The van der Waals surface area contributed by atoms with Crippen LogP contribution in [0.1, 0.15) is 30.1 Å². The molecule has 0 radical (unpaired) electrons. The Kier molecular flexibility index (Phi) is 5.68. The first-order chi connectivity index (χ1) is 12.6. The molecule has 2 aromatic heterocycles. The number of nitrogens with one attached hydrogen (secondary N) is 1. The Morgan fingerprint density at radius 1 is 1.38 bits per heavy atom. The Balaban J connectivity index is 1.56. The molecule has 0 unspecified atom stereocenters. The second kappa shape index (κ2) is 8.14. The molecule has 1 atom stereocenters. The fraction of sp³-hybridized carbons (Fsp3) is 0.316. The molecule has 2 heterocycles. The molecule has 3 aromatic rings. The maximum absolute atomic E-state index is 12.2. The predicted molar refractivity (Wildman–Crippen MR) is 102 cm³/mol. The van der Waals surface area contributed by atoms with E-state index in [1.165, 1.54) is 0 Å². The highest BCUT2D eigenvalue weighted by molar-refractivity contribution is 7.15. The largest absolute Gasteiger partial charge is 0.497 e. The Labute approximate surface area is 156 Å². The van der Waals surface area contributed by atoms with Crippen molar-refractivity contribution in [3.05, 3.63) is 53.6 Å². The Bertz CT molecular complexity index is 887. The highest BCUT2D eigenvalue weighted by Crippen LogP contribution is 2.27. The van der Waals surface area contributed by atoms with Gasteiger partial charge < -0.3 is 14.6 Å². The molecule has 7 heteroatoms. The molecule has 0 bridgehead atoms. The number of amides is 1. The SMILES string of the molecule is COc1cccc(-c2ncc(CNC(=O)C[C@H](C)n3ccnc3C)s2)c1. The van der Waals surface area contributed by atoms with E-state index in [0.717, 1.165) is 27.0 Å². The van der Waals surface area contributed by atoms with Gasteiger partial charge in [-0.15, -0.1) is 11.3 Å². The van der Waals surface area contributed by atoms with E-state index in [1.807, 2.05) is 55.1 Å². The van der Waals surface area contributed by atoms with Crippen molar-refractivity contribution < 1.29 is 9.53 Å². The minimum Gasteiger partial charge on any atom is -0.497 e. The number of methoxy groups -OCH3 is 1. The number of carbonyl (C=O) groups excluding carboxylic acids is 1. The summed E-state index contributed by atoms with van der Waals surface area (Å²) in [5.41, 5.74) is 1.01. The van der Waals surface area contributed by atoms with Gasteiger partial charge in [0.1, 0.15) is 16.6 Å². The number of hydrogen-bond donors (Lipinski definition) is 1. The highest BCUT2D eigenvalue weighted by Gasteiger charge is 2.13.